The minimum Gasteiger partial charge on any atom is -0.346 e. The summed E-state index contributed by atoms with van der Waals surface area (Å²) in [4.78, 5) is 21.0. The molecular formula is C20H15FN4O. The van der Waals surface area contributed by atoms with E-state index >= 15 is 0 Å². The van der Waals surface area contributed by atoms with Gasteiger partial charge in [0.1, 0.15) is 11.5 Å². The molecule has 0 unspecified atom stereocenters. The van der Waals surface area contributed by atoms with Gasteiger partial charge in [0.15, 0.2) is 0 Å². The Morgan fingerprint density at radius 1 is 1.04 bits per heavy atom. The summed E-state index contributed by atoms with van der Waals surface area (Å²) in [7, 11) is 0. The van der Waals surface area contributed by atoms with Gasteiger partial charge in [-0.05, 0) is 48.5 Å². The number of amides is 1. The summed E-state index contributed by atoms with van der Waals surface area (Å²) >= 11 is 0. The van der Waals surface area contributed by atoms with Crippen LogP contribution in [0.15, 0.2) is 73.2 Å². The highest BCUT2D eigenvalue weighted by Gasteiger charge is 2.09. The predicted octanol–water partition coefficient (Wildman–Crippen LogP) is 3.47. The molecule has 0 aliphatic carbocycles. The Morgan fingerprint density at radius 2 is 1.88 bits per heavy atom. The fraction of sp³-hybridized carbons (Fsp3) is 0.0500. The standard InChI is InChI=1S/C20H15FN4O/c21-16-7-4-14(5-8-16)18-13-25-12-15(6-9-19(25)24-18)20(26)23-11-17-3-1-2-10-22-17/h1-10,12-13H,11H2,(H,23,26). The number of fused-ring (bicyclic) bond motifs is 1. The number of pyridine rings is 2. The third kappa shape index (κ3) is 3.30. The molecule has 0 saturated heterocycles. The van der Waals surface area contributed by atoms with Gasteiger partial charge in [0, 0.05) is 24.2 Å². The normalized spacial score (nSPS) is 10.8. The van der Waals surface area contributed by atoms with E-state index in [1.54, 1.807) is 41.1 Å². The first-order valence-electron chi connectivity index (χ1n) is 8.12. The number of halogens is 1. The highest BCUT2D eigenvalue weighted by atomic mass is 19.1. The number of nitrogens with one attached hydrogen (secondary N) is 1. The molecule has 0 aliphatic rings. The topological polar surface area (TPSA) is 59.3 Å². The van der Waals surface area contributed by atoms with Gasteiger partial charge in [-0.15, -0.1) is 0 Å². The monoisotopic (exact) mass is 346 g/mol. The van der Waals surface area contributed by atoms with Crippen LogP contribution in [-0.2, 0) is 6.54 Å². The van der Waals surface area contributed by atoms with Crippen molar-refractivity contribution in [2.45, 2.75) is 6.54 Å². The predicted molar refractivity (Wildman–Crippen MR) is 96.0 cm³/mol. The summed E-state index contributed by atoms with van der Waals surface area (Å²) in [5.74, 6) is -0.473. The van der Waals surface area contributed by atoms with Crippen molar-refractivity contribution in [2.24, 2.45) is 0 Å². The van der Waals surface area contributed by atoms with E-state index in [1.807, 2.05) is 24.4 Å². The number of hydrogen-bond donors (Lipinski definition) is 1. The van der Waals surface area contributed by atoms with Crippen LogP contribution in [0, 0.1) is 5.82 Å². The first-order valence-corrected chi connectivity index (χ1v) is 8.12. The zero-order valence-electron chi connectivity index (χ0n) is 13.8. The van der Waals surface area contributed by atoms with Crippen LogP contribution < -0.4 is 5.32 Å². The minimum absolute atomic E-state index is 0.186. The molecule has 0 atom stereocenters. The number of benzene rings is 1. The van der Waals surface area contributed by atoms with Crippen LogP contribution in [0.1, 0.15) is 16.1 Å². The van der Waals surface area contributed by atoms with Crippen molar-refractivity contribution in [3.63, 3.8) is 0 Å². The number of carbonyl (C=O) groups is 1. The number of carbonyl (C=O) groups excluding carboxylic acids is 1. The van der Waals surface area contributed by atoms with E-state index in [2.05, 4.69) is 15.3 Å². The summed E-state index contributed by atoms with van der Waals surface area (Å²) in [5, 5.41) is 2.85. The molecule has 1 aromatic carbocycles. The molecule has 26 heavy (non-hydrogen) atoms. The van der Waals surface area contributed by atoms with Crippen LogP contribution in [0.3, 0.4) is 0 Å². The molecule has 3 aromatic heterocycles. The minimum atomic E-state index is -0.288. The van der Waals surface area contributed by atoms with Crippen molar-refractivity contribution in [1.82, 2.24) is 19.7 Å². The summed E-state index contributed by atoms with van der Waals surface area (Å²) in [6, 6.07) is 15.2. The SMILES string of the molecule is O=C(NCc1ccccn1)c1ccc2nc(-c3ccc(F)cc3)cn2c1. The van der Waals surface area contributed by atoms with Crippen molar-refractivity contribution in [3.8, 4) is 11.3 Å². The molecule has 0 saturated carbocycles. The second-order valence-corrected chi connectivity index (χ2v) is 5.82. The molecule has 128 valence electrons. The molecule has 5 nitrogen and oxygen atoms in total. The van der Waals surface area contributed by atoms with E-state index < -0.39 is 0 Å². The van der Waals surface area contributed by atoms with E-state index in [4.69, 9.17) is 0 Å². The molecular weight excluding hydrogens is 331 g/mol. The van der Waals surface area contributed by atoms with Gasteiger partial charge >= 0.3 is 0 Å². The van der Waals surface area contributed by atoms with Crippen molar-refractivity contribution in [1.29, 1.82) is 0 Å². The van der Waals surface area contributed by atoms with Crippen LogP contribution in [0.5, 0.6) is 0 Å². The van der Waals surface area contributed by atoms with Crippen LogP contribution in [0.4, 0.5) is 4.39 Å². The quantitative estimate of drug-likeness (QED) is 0.616. The molecule has 6 heteroatoms. The smallest absolute Gasteiger partial charge is 0.253 e. The van der Waals surface area contributed by atoms with Gasteiger partial charge in [-0.25, -0.2) is 9.37 Å². The molecule has 4 aromatic rings. The van der Waals surface area contributed by atoms with Gasteiger partial charge in [0.25, 0.3) is 5.91 Å². The van der Waals surface area contributed by atoms with Crippen LogP contribution >= 0.6 is 0 Å². The highest BCUT2D eigenvalue weighted by Crippen LogP contribution is 2.20. The maximum absolute atomic E-state index is 13.1. The maximum Gasteiger partial charge on any atom is 0.253 e. The number of rotatable bonds is 4. The molecule has 0 radical (unpaired) electrons. The Hall–Kier alpha value is -3.54. The van der Waals surface area contributed by atoms with Gasteiger partial charge in [-0.2, -0.15) is 0 Å². The lowest BCUT2D eigenvalue weighted by molar-refractivity contribution is 0.0950. The third-order valence-corrected chi connectivity index (χ3v) is 4.01. The summed E-state index contributed by atoms with van der Waals surface area (Å²) in [5.41, 5.74) is 3.57. The number of aromatic nitrogens is 3. The second-order valence-electron chi connectivity index (χ2n) is 5.82. The first kappa shape index (κ1) is 16.0. The Morgan fingerprint density at radius 3 is 2.65 bits per heavy atom. The van der Waals surface area contributed by atoms with Gasteiger partial charge in [-0.1, -0.05) is 6.07 Å². The summed E-state index contributed by atoms with van der Waals surface area (Å²) < 4.78 is 14.9. The molecule has 0 aliphatic heterocycles. The van der Waals surface area contributed by atoms with Gasteiger partial charge < -0.3 is 9.72 Å². The van der Waals surface area contributed by atoms with Crippen LogP contribution in [0.2, 0.25) is 0 Å². The average molecular weight is 346 g/mol. The number of nitrogens with zero attached hydrogens (tertiary/aromatic N) is 3. The van der Waals surface area contributed by atoms with E-state index in [9.17, 15) is 9.18 Å². The maximum atomic E-state index is 13.1. The molecule has 0 spiro atoms. The number of imidazole rings is 1. The Kier molecular flexibility index (Phi) is 4.15. The van der Waals surface area contributed by atoms with Gasteiger partial charge in [0.05, 0.1) is 23.5 Å². The lowest BCUT2D eigenvalue weighted by Crippen LogP contribution is -2.23. The van der Waals surface area contributed by atoms with Crippen LogP contribution in [0.25, 0.3) is 16.9 Å². The van der Waals surface area contributed by atoms with E-state index in [0.29, 0.717) is 17.8 Å². The largest absolute Gasteiger partial charge is 0.346 e. The number of hydrogen-bond acceptors (Lipinski definition) is 3. The summed E-state index contributed by atoms with van der Waals surface area (Å²) in [6.45, 7) is 0.364. The lowest BCUT2D eigenvalue weighted by atomic mass is 10.2. The Bertz CT molecular complexity index is 1060. The Balaban J connectivity index is 1.55. The average Bonchev–Trinajstić information content (AvgIpc) is 3.10. The molecule has 4 rings (SSSR count). The van der Waals surface area contributed by atoms with Crippen molar-refractivity contribution in [2.75, 3.05) is 0 Å². The van der Waals surface area contributed by atoms with Gasteiger partial charge in [-0.3, -0.25) is 9.78 Å². The van der Waals surface area contributed by atoms with Gasteiger partial charge in [0.2, 0.25) is 0 Å². The molecule has 1 amide bonds. The first-order chi connectivity index (χ1) is 12.7. The lowest BCUT2D eigenvalue weighted by Gasteiger charge is -2.05. The second kappa shape index (κ2) is 6.76. The van der Waals surface area contributed by atoms with Crippen molar-refractivity contribution >= 4 is 11.6 Å². The Labute approximate surface area is 149 Å². The fourth-order valence-corrected chi connectivity index (χ4v) is 2.66. The fourth-order valence-electron chi connectivity index (χ4n) is 2.66. The molecule has 0 fully saturated rings. The zero-order chi connectivity index (χ0) is 17.9. The van der Waals surface area contributed by atoms with E-state index in [1.165, 1.54) is 12.1 Å². The third-order valence-electron chi connectivity index (χ3n) is 4.01. The molecule has 1 N–H and O–H groups in total. The highest BCUT2D eigenvalue weighted by molar-refractivity contribution is 5.94. The summed E-state index contributed by atoms with van der Waals surface area (Å²) in [6.07, 6.45) is 5.23. The van der Waals surface area contributed by atoms with E-state index in [-0.39, 0.29) is 11.7 Å². The molecule has 0 bridgehead atoms. The molecule has 3 heterocycles. The van der Waals surface area contributed by atoms with Crippen molar-refractivity contribution in [3.05, 3.63) is 90.3 Å². The van der Waals surface area contributed by atoms with E-state index in [0.717, 1.165) is 17.0 Å². The zero-order valence-corrected chi connectivity index (χ0v) is 13.8. The van der Waals surface area contributed by atoms with Crippen molar-refractivity contribution < 1.29 is 9.18 Å². The van der Waals surface area contributed by atoms with Crippen LogP contribution in [-0.4, -0.2) is 20.3 Å².